The lowest BCUT2D eigenvalue weighted by atomic mass is 9.80. The Morgan fingerprint density at radius 1 is 0.625 bits per heavy atom. The fourth-order valence-electron chi connectivity index (χ4n) is 3.71. The quantitative estimate of drug-likeness (QED) is 0.393. The second kappa shape index (κ2) is 12.6. The number of hydrogen-bond acceptors (Lipinski definition) is 4. The molecule has 0 aromatic heterocycles. The van der Waals surface area contributed by atoms with Gasteiger partial charge in [0.05, 0.1) is 14.2 Å². The molecule has 4 heteroatoms. The van der Waals surface area contributed by atoms with E-state index in [2.05, 4.69) is 53.7 Å². The average molecular weight is 445 g/mol. The molecule has 0 unspecified atom stereocenters. The molecule has 0 bridgehead atoms. The van der Waals surface area contributed by atoms with Crippen molar-refractivity contribution in [3.63, 3.8) is 0 Å². The molecule has 2 aromatic carbocycles. The summed E-state index contributed by atoms with van der Waals surface area (Å²) < 4.78 is 10.6. The number of hydrogen-bond donors (Lipinski definition) is 2. The lowest BCUT2D eigenvalue weighted by molar-refractivity contribution is 0.387. The van der Waals surface area contributed by atoms with Crippen LogP contribution in [0, 0.1) is 0 Å². The van der Waals surface area contributed by atoms with Crippen molar-refractivity contribution in [3.8, 4) is 23.0 Å². The second-order valence-electron chi connectivity index (χ2n) is 9.81. The minimum Gasteiger partial charge on any atom is -0.508 e. The van der Waals surface area contributed by atoms with Gasteiger partial charge < -0.3 is 19.7 Å². The Labute approximate surface area is 195 Å². The van der Waals surface area contributed by atoms with E-state index in [4.69, 9.17) is 9.47 Å². The monoisotopic (exact) mass is 444 g/mol. The normalized spacial score (nSPS) is 11.5. The van der Waals surface area contributed by atoms with Gasteiger partial charge in [0.1, 0.15) is 23.0 Å². The Hall–Kier alpha value is -2.36. The Balaban J connectivity index is 0.000000323. The van der Waals surface area contributed by atoms with Crippen LogP contribution in [0.25, 0.3) is 0 Å². The van der Waals surface area contributed by atoms with Crippen molar-refractivity contribution in [2.75, 3.05) is 14.2 Å². The molecule has 0 saturated heterocycles. The van der Waals surface area contributed by atoms with Gasteiger partial charge in [0, 0.05) is 12.1 Å². The van der Waals surface area contributed by atoms with Gasteiger partial charge in [-0.25, -0.2) is 0 Å². The highest BCUT2D eigenvalue weighted by atomic mass is 16.5. The highest BCUT2D eigenvalue weighted by Gasteiger charge is 2.22. The van der Waals surface area contributed by atoms with E-state index in [0.717, 1.165) is 36.3 Å². The zero-order chi connectivity index (χ0) is 24.4. The third-order valence-corrected chi connectivity index (χ3v) is 6.13. The van der Waals surface area contributed by atoms with Gasteiger partial charge in [0.25, 0.3) is 0 Å². The van der Waals surface area contributed by atoms with Crippen LogP contribution < -0.4 is 9.47 Å². The first-order valence-electron chi connectivity index (χ1n) is 11.8. The van der Waals surface area contributed by atoms with Crippen LogP contribution >= 0.6 is 0 Å². The number of unbranched alkanes of at least 4 members (excludes halogenated alkanes) is 2. The fraction of sp³-hybridized carbons (Fsp3) is 0.571. The van der Waals surface area contributed by atoms with Gasteiger partial charge in [-0.3, -0.25) is 0 Å². The molecule has 0 atom stereocenters. The Morgan fingerprint density at radius 2 is 1.00 bits per heavy atom. The summed E-state index contributed by atoms with van der Waals surface area (Å²) in [7, 11) is 3.38. The van der Waals surface area contributed by atoms with Crippen LogP contribution in [0.3, 0.4) is 0 Å². The van der Waals surface area contributed by atoms with Gasteiger partial charge in [-0.15, -0.1) is 0 Å². The van der Waals surface area contributed by atoms with Crippen molar-refractivity contribution in [2.45, 2.75) is 90.9 Å². The zero-order valence-corrected chi connectivity index (χ0v) is 21.4. The lowest BCUT2D eigenvalue weighted by Crippen LogP contribution is -2.17. The highest BCUT2D eigenvalue weighted by Crippen LogP contribution is 2.35. The number of phenolic OH excluding ortho intramolecular Hbond substituents is 2. The predicted molar refractivity (Wildman–Crippen MR) is 134 cm³/mol. The molecule has 4 nitrogen and oxygen atoms in total. The molecule has 0 radical (unpaired) electrons. The molecule has 0 aliphatic rings. The minimum atomic E-state index is 0.00618. The largest absolute Gasteiger partial charge is 0.508 e. The molecule has 32 heavy (non-hydrogen) atoms. The van der Waals surface area contributed by atoms with Crippen molar-refractivity contribution in [3.05, 3.63) is 47.5 Å². The van der Waals surface area contributed by atoms with Gasteiger partial charge in [-0.05, 0) is 59.1 Å². The first kappa shape index (κ1) is 27.7. The van der Waals surface area contributed by atoms with Crippen LogP contribution in [-0.4, -0.2) is 24.4 Å². The molecule has 2 aromatic rings. The van der Waals surface area contributed by atoms with E-state index in [-0.39, 0.29) is 22.3 Å². The van der Waals surface area contributed by atoms with Crippen molar-refractivity contribution in [1.29, 1.82) is 0 Å². The van der Waals surface area contributed by atoms with Gasteiger partial charge in [-0.2, -0.15) is 0 Å². The number of ether oxygens (including phenoxy) is 2. The topological polar surface area (TPSA) is 58.9 Å². The maximum atomic E-state index is 9.42. The standard InChI is InChI=1S/C15H24O2.C13H20O2/c1-6-7-8-15(2,3)12-9-13(16-4)11-14(10-12)17-5;1-4-5-6-13(2,3)10-7-11(14)9-12(15)8-10/h9-11H,6-8H2,1-5H3;7-9,14-15H,4-6H2,1-3H3. The molecule has 0 fully saturated rings. The first-order valence-corrected chi connectivity index (χ1v) is 11.8. The van der Waals surface area contributed by atoms with Crippen molar-refractivity contribution in [1.82, 2.24) is 0 Å². The molecule has 0 spiro atoms. The van der Waals surface area contributed by atoms with E-state index in [1.807, 2.05) is 6.07 Å². The number of methoxy groups -OCH3 is 2. The fourth-order valence-corrected chi connectivity index (χ4v) is 3.71. The van der Waals surface area contributed by atoms with E-state index in [1.54, 1.807) is 26.4 Å². The average Bonchev–Trinajstić information content (AvgIpc) is 2.75. The summed E-state index contributed by atoms with van der Waals surface area (Å²) in [6, 6.07) is 11.0. The smallest absolute Gasteiger partial charge is 0.122 e. The molecule has 0 heterocycles. The maximum Gasteiger partial charge on any atom is 0.122 e. The molecule has 2 rings (SSSR count). The summed E-state index contributed by atoms with van der Waals surface area (Å²) in [5.41, 5.74) is 2.44. The summed E-state index contributed by atoms with van der Waals surface area (Å²) in [5.74, 6) is 2.00. The summed E-state index contributed by atoms with van der Waals surface area (Å²) >= 11 is 0. The van der Waals surface area contributed by atoms with Crippen molar-refractivity contribution >= 4 is 0 Å². The van der Waals surface area contributed by atoms with Gasteiger partial charge in [0.15, 0.2) is 0 Å². The number of benzene rings is 2. The SMILES string of the molecule is CCCCC(C)(C)c1cc(O)cc(O)c1.CCCCC(C)(C)c1cc(OC)cc(OC)c1. The molecular weight excluding hydrogens is 400 g/mol. The third-order valence-electron chi connectivity index (χ3n) is 6.13. The van der Waals surface area contributed by atoms with Crippen LogP contribution in [-0.2, 0) is 10.8 Å². The van der Waals surface area contributed by atoms with Crippen LogP contribution in [0.4, 0.5) is 0 Å². The van der Waals surface area contributed by atoms with Gasteiger partial charge >= 0.3 is 0 Å². The predicted octanol–water partition coefficient (Wildman–Crippen LogP) is 7.74. The number of phenols is 2. The highest BCUT2D eigenvalue weighted by molar-refractivity contribution is 5.41. The van der Waals surface area contributed by atoms with Gasteiger partial charge in [-0.1, -0.05) is 67.2 Å². The lowest BCUT2D eigenvalue weighted by Gasteiger charge is -2.26. The summed E-state index contributed by atoms with van der Waals surface area (Å²) in [6.07, 6.45) is 7.03. The third kappa shape index (κ3) is 8.64. The van der Waals surface area contributed by atoms with Crippen LogP contribution in [0.2, 0.25) is 0 Å². The van der Waals surface area contributed by atoms with Crippen molar-refractivity contribution < 1.29 is 19.7 Å². The molecular formula is C28H44O4. The van der Waals surface area contributed by atoms with E-state index < -0.39 is 0 Å². The second-order valence-corrected chi connectivity index (χ2v) is 9.81. The van der Waals surface area contributed by atoms with E-state index in [1.165, 1.54) is 30.9 Å². The summed E-state index contributed by atoms with van der Waals surface area (Å²) in [4.78, 5) is 0. The van der Waals surface area contributed by atoms with Crippen LogP contribution in [0.5, 0.6) is 23.0 Å². The Bertz CT molecular complexity index is 782. The van der Waals surface area contributed by atoms with Crippen LogP contribution in [0.15, 0.2) is 36.4 Å². The Morgan fingerprint density at radius 3 is 1.34 bits per heavy atom. The zero-order valence-electron chi connectivity index (χ0n) is 21.4. The molecule has 0 aliphatic carbocycles. The minimum absolute atomic E-state index is 0.00618. The summed E-state index contributed by atoms with van der Waals surface area (Å²) in [5, 5.41) is 18.8. The van der Waals surface area contributed by atoms with Crippen molar-refractivity contribution in [2.24, 2.45) is 0 Å². The van der Waals surface area contributed by atoms with E-state index >= 15 is 0 Å². The Kier molecular flexibility index (Phi) is 10.9. The number of rotatable bonds is 10. The maximum absolute atomic E-state index is 9.42. The van der Waals surface area contributed by atoms with E-state index in [9.17, 15) is 10.2 Å². The molecule has 180 valence electrons. The first-order chi connectivity index (χ1) is 15.0. The molecule has 0 aliphatic heterocycles. The molecule has 0 saturated carbocycles. The van der Waals surface area contributed by atoms with Gasteiger partial charge in [0.2, 0.25) is 0 Å². The molecule has 2 N–H and O–H groups in total. The van der Waals surface area contributed by atoms with Crippen LogP contribution in [0.1, 0.15) is 91.2 Å². The molecule has 0 amide bonds. The number of aromatic hydroxyl groups is 2. The summed E-state index contributed by atoms with van der Waals surface area (Å²) in [6.45, 7) is 13.2. The van der Waals surface area contributed by atoms with E-state index in [0.29, 0.717) is 0 Å².